The van der Waals surface area contributed by atoms with Crippen LogP contribution in [-0.2, 0) is 17.9 Å². The van der Waals surface area contributed by atoms with Crippen molar-refractivity contribution in [2.45, 2.75) is 45.0 Å². The Bertz CT molecular complexity index is 2060. The molecular formula is C37H36Cl2N6O5. The number of amides is 2. The molecule has 1 fully saturated rings. The second kappa shape index (κ2) is 15.4. The summed E-state index contributed by atoms with van der Waals surface area (Å²) < 4.78 is 5.59. The van der Waals surface area contributed by atoms with E-state index in [1.165, 1.54) is 12.0 Å². The lowest BCUT2D eigenvalue weighted by Gasteiger charge is -2.23. The summed E-state index contributed by atoms with van der Waals surface area (Å²) in [6, 6.07) is 18.5. The highest BCUT2D eigenvalue weighted by Crippen LogP contribution is 2.42. The average molecular weight is 716 g/mol. The number of benzene rings is 2. The molecule has 258 valence electrons. The van der Waals surface area contributed by atoms with E-state index >= 15 is 0 Å². The van der Waals surface area contributed by atoms with Crippen LogP contribution in [0.2, 0.25) is 10.0 Å². The van der Waals surface area contributed by atoms with Crippen molar-refractivity contribution in [3.8, 4) is 39.5 Å². The van der Waals surface area contributed by atoms with Crippen LogP contribution in [0.1, 0.15) is 30.9 Å². The van der Waals surface area contributed by atoms with Crippen molar-refractivity contribution in [2.75, 3.05) is 20.2 Å². The first-order chi connectivity index (χ1) is 24.1. The number of hydrogen-bond acceptors (Lipinski definition) is 8. The van der Waals surface area contributed by atoms with Crippen molar-refractivity contribution in [3.63, 3.8) is 0 Å². The van der Waals surface area contributed by atoms with E-state index in [-0.39, 0.29) is 30.9 Å². The second-order valence-corrected chi connectivity index (χ2v) is 13.0. The summed E-state index contributed by atoms with van der Waals surface area (Å²) in [5, 5.41) is 27.2. The molecule has 0 saturated carbocycles. The molecule has 1 saturated heterocycles. The molecule has 4 N–H and O–H groups in total. The molecule has 50 heavy (non-hydrogen) atoms. The topological polar surface area (TPSA) is 150 Å². The maximum absolute atomic E-state index is 12.0. The van der Waals surface area contributed by atoms with E-state index in [9.17, 15) is 19.8 Å². The van der Waals surface area contributed by atoms with Gasteiger partial charge in [0.25, 0.3) is 0 Å². The van der Waals surface area contributed by atoms with Gasteiger partial charge >= 0.3 is 6.09 Å². The number of fused-ring (bicyclic) bond motifs is 1. The van der Waals surface area contributed by atoms with Crippen LogP contribution in [0.3, 0.4) is 0 Å². The Hall–Kier alpha value is -4.81. The summed E-state index contributed by atoms with van der Waals surface area (Å²) in [4.78, 5) is 39.0. The number of rotatable bonds is 12. The van der Waals surface area contributed by atoms with Gasteiger partial charge in [0, 0.05) is 77.7 Å². The number of ether oxygens (including phenoxy) is 1. The Morgan fingerprint density at radius 3 is 2.36 bits per heavy atom. The van der Waals surface area contributed by atoms with Crippen molar-refractivity contribution >= 4 is 46.1 Å². The first kappa shape index (κ1) is 35.0. The van der Waals surface area contributed by atoms with Crippen molar-refractivity contribution in [3.05, 3.63) is 94.2 Å². The Morgan fingerprint density at radius 2 is 1.72 bits per heavy atom. The third kappa shape index (κ3) is 7.81. The number of carbonyl (C=O) groups is 2. The van der Waals surface area contributed by atoms with Gasteiger partial charge in [0.2, 0.25) is 11.8 Å². The first-order valence-corrected chi connectivity index (χ1v) is 16.9. The normalized spacial score (nSPS) is 14.8. The summed E-state index contributed by atoms with van der Waals surface area (Å²) in [7, 11) is 1.48. The predicted molar refractivity (Wildman–Crippen MR) is 193 cm³/mol. The van der Waals surface area contributed by atoms with E-state index in [0.717, 1.165) is 22.0 Å². The van der Waals surface area contributed by atoms with Crippen LogP contribution in [0.15, 0.2) is 73.1 Å². The standard InChI is InChI=1S/C37H36Cl2N6O5/c1-21(46)15-40-16-22-13-24-18-42-32(14-31(24)41-17-22)29-8-4-6-27(35(29)39)26-5-3-7-28(34(26)38)30-11-9-23(36(44-30)50-2)19-45(37(48)49)20-25-10-12-33(47)43-25/h3-9,11,13-14,17-18,21,25,40,46H,10,12,15-16,19-20H2,1-2H3,(H,43,47)(H,48,49). The van der Waals surface area contributed by atoms with E-state index < -0.39 is 12.2 Å². The smallest absolute Gasteiger partial charge is 0.407 e. The molecule has 0 aliphatic carbocycles. The molecule has 2 unspecified atom stereocenters. The highest BCUT2D eigenvalue weighted by Gasteiger charge is 2.26. The molecule has 1 aliphatic heterocycles. The van der Waals surface area contributed by atoms with E-state index in [2.05, 4.69) is 15.6 Å². The molecule has 1 aliphatic rings. The lowest BCUT2D eigenvalue weighted by atomic mass is 9.98. The molecule has 13 heteroatoms. The van der Waals surface area contributed by atoms with Crippen LogP contribution < -0.4 is 15.4 Å². The highest BCUT2D eigenvalue weighted by atomic mass is 35.5. The molecule has 2 amide bonds. The van der Waals surface area contributed by atoms with Gasteiger partial charge in [-0.15, -0.1) is 0 Å². The number of hydrogen-bond donors (Lipinski definition) is 4. The van der Waals surface area contributed by atoms with E-state index in [1.807, 2.05) is 48.5 Å². The fourth-order valence-electron chi connectivity index (χ4n) is 6.03. The van der Waals surface area contributed by atoms with E-state index in [4.69, 9.17) is 37.9 Å². The van der Waals surface area contributed by atoms with Gasteiger partial charge in [0.05, 0.1) is 46.7 Å². The zero-order valence-electron chi connectivity index (χ0n) is 27.5. The summed E-state index contributed by atoms with van der Waals surface area (Å²) >= 11 is 14.1. The van der Waals surface area contributed by atoms with Gasteiger partial charge in [0.15, 0.2) is 0 Å². The van der Waals surface area contributed by atoms with Crippen molar-refractivity contribution < 1.29 is 24.5 Å². The Balaban J connectivity index is 1.26. The van der Waals surface area contributed by atoms with Gasteiger partial charge in [0.1, 0.15) is 0 Å². The van der Waals surface area contributed by atoms with Gasteiger partial charge in [-0.3, -0.25) is 14.8 Å². The monoisotopic (exact) mass is 714 g/mol. The largest absolute Gasteiger partial charge is 0.481 e. The molecule has 6 rings (SSSR count). The average Bonchev–Trinajstić information content (AvgIpc) is 3.52. The third-order valence-corrected chi connectivity index (χ3v) is 9.33. The van der Waals surface area contributed by atoms with Gasteiger partial charge in [-0.05, 0) is 43.2 Å². The number of carboxylic acid groups (broad SMARTS) is 1. The lowest BCUT2D eigenvalue weighted by molar-refractivity contribution is -0.119. The van der Waals surface area contributed by atoms with Crippen molar-refractivity contribution in [2.24, 2.45) is 0 Å². The number of nitrogens with one attached hydrogen (secondary N) is 2. The van der Waals surface area contributed by atoms with Crippen LogP contribution in [0.5, 0.6) is 5.88 Å². The Kier molecular flexibility index (Phi) is 10.8. The minimum atomic E-state index is -1.10. The van der Waals surface area contributed by atoms with E-state index in [0.29, 0.717) is 69.6 Å². The molecule has 0 bridgehead atoms. The van der Waals surface area contributed by atoms with Crippen molar-refractivity contribution in [1.29, 1.82) is 0 Å². The minimum Gasteiger partial charge on any atom is -0.481 e. The number of halogens is 2. The summed E-state index contributed by atoms with van der Waals surface area (Å²) in [6.07, 6.45) is 3.02. The number of carbonyl (C=O) groups excluding carboxylic acids is 1. The number of aromatic nitrogens is 3. The molecule has 2 atom stereocenters. The molecule has 11 nitrogen and oxygen atoms in total. The predicted octanol–water partition coefficient (Wildman–Crippen LogP) is 6.57. The number of nitrogens with zero attached hydrogens (tertiary/aromatic N) is 4. The number of methoxy groups -OCH3 is 1. The number of pyridine rings is 3. The zero-order chi connectivity index (χ0) is 35.4. The zero-order valence-corrected chi connectivity index (χ0v) is 29.0. The fourth-order valence-corrected chi connectivity index (χ4v) is 6.67. The second-order valence-electron chi connectivity index (χ2n) is 12.3. The van der Waals surface area contributed by atoms with Gasteiger partial charge in [-0.25, -0.2) is 9.78 Å². The fraction of sp³-hybridized carbons (Fsp3) is 0.270. The van der Waals surface area contributed by atoms with Crippen LogP contribution >= 0.6 is 23.2 Å². The summed E-state index contributed by atoms with van der Waals surface area (Å²) in [5.74, 6) is 0.192. The van der Waals surface area contributed by atoms with Crippen LogP contribution in [0.25, 0.3) is 44.5 Å². The number of aliphatic hydroxyl groups excluding tert-OH is 1. The molecular weight excluding hydrogens is 679 g/mol. The van der Waals surface area contributed by atoms with Gasteiger partial charge in [-0.1, -0.05) is 59.6 Å². The third-order valence-electron chi connectivity index (χ3n) is 8.52. The molecule has 0 radical (unpaired) electrons. The minimum absolute atomic E-state index is 0.0367. The lowest BCUT2D eigenvalue weighted by Crippen LogP contribution is -2.41. The Labute approximate surface area is 299 Å². The molecule has 0 spiro atoms. The van der Waals surface area contributed by atoms with Crippen LogP contribution in [0, 0.1) is 0 Å². The van der Waals surface area contributed by atoms with Crippen LogP contribution in [0.4, 0.5) is 4.79 Å². The molecule has 3 aromatic heterocycles. The van der Waals surface area contributed by atoms with Gasteiger partial charge < -0.3 is 30.5 Å². The summed E-state index contributed by atoms with van der Waals surface area (Å²) in [6.45, 7) is 3.01. The quantitative estimate of drug-likeness (QED) is 0.113. The maximum Gasteiger partial charge on any atom is 0.407 e. The van der Waals surface area contributed by atoms with Gasteiger partial charge in [-0.2, -0.15) is 0 Å². The maximum atomic E-state index is 12.0. The Morgan fingerprint density at radius 1 is 1.02 bits per heavy atom. The SMILES string of the molecule is COc1nc(-c2cccc(-c3cccc(-c4cc5ncc(CNCC(C)O)cc5cn4)c3Cl)c2Cl)ccc1CN(CC1CCC(=O)N1)C(=O)O. The highest BCUT2D eigenvalue weighted by molar-refractivity contribution is 6.39. The summed E-state index contributed by atoms with van der Waals surface area (Å²) in [5.41, 5.74) is 6.32. The first-order valence-electron chi connectivity index (χ1n) is 16.1. The van der Waals surface area contributed by atoms with E-state index in [1.54, 1.807) is 31.5 Å². The van der Waals surface area contributed by atoms with Crippen molar-refractivity contribution in [1.82, 2.24) is 30.5 Å². The molecule has 4 heterocycles. The molecule has 5 aromatic rings. The van der Waals surface area contributed by atoms with Crippen LogP contribution in [-0.4, -0.2) is 74.4 Å². The number of aliphatic hydroxyl groups is 1. The molecule has 2 aromatic carbocycles.